The Hall–Kier alpha value is -1.86. The van der Waals surface area contributed by atoms with Crippen LogP contribution in [0.2, 0.25) is 0 Å². The number of ether oxygens (including phenoxy) is 3. The lowest BCUT2D eigenvalue weighted by molar-refractivity contribution is -0.181. The van der Waals surface area contributed by atoms with Crippen molar-refractivity contribution in [3.63, 3.8) is 0 Å². The van der Waals surface area contributed by atoms with Crippen molar-refractivity contribution in [3.05, 3.63) is 29.6 Å². The summed E-state index contributed by atoms with van der Waals surface area (Å²) in [6, 6.07) is 4.56. The predicted molar refractivity (Wildman–Crippen MR) is 85.2 cm³/mol. The van der Waals surface area contributed by atoms with E-state index in [0.717, 1.165) is 0 Å². The van der Waals surface area contributed by atoms with E-state index in [2.05, 4.69) is 5.32 Å². The van der Waals surface area contributed by atoms with E-state index in [-0.39, 0.29) is 18.3 Å². The summed E-state index contributed by atoms with van der Waals surface area (Å²) in [6.45, 7) is 4.91. The molecule has 132 valence electrons. The number of hydrogen-bond acceptors (Lipinski definition) is 4. The number of carbonyl (C=O) groups is 1. The largest absolute Gasteiger partial charge is 0.491 e. The maximum Gasteiger partial charge on any atom is 0.317 e. The molecule has 0 unspecified atom stereocenters. The minimum Gasteiger partial charge on any atom is -0.491 e. The molecule has 3 rings (SSSR count). The van der Waals surface area contributed by atoms with Crippen LogP contribution >= 0.6 is 0 Å². The first-order valence-electron chi connectivity index (χ1n) is 8.34. The summed E-state index contributed by atoms with van der Waals surface area (Å²) in [5.41, 5.74) is 0.695. The molecule has 0 radical (unpaired) electrons. The molecule has 1 aromatic rings. The summed E-state index contributed by atoms with van der Waals surface area (Å²) in [4.78, 5) is 14.0. The third-order valence-corrected chi connectivity index (χ3v) is 4.37. The van der Waals surface area contributed by atoms with Gasteiger partial charge < -0.3 is 24.4 Å². The molecule has 0 saturated carbocycles. The summed E-state index contributed by atoms with van der Waals surface area (Å²) in [5.74, 6) is -0.681. The maximum absolute atomic E-state index is 13.8. The topological polar surface area (TPSA) is 60.0 Å². The van der Waals surface area contributed by atoms with E-state index >= 15 is 0 Å². The Kier molecular flexibility index (Phi) is 5.20. The fraction of sp³-hybridized carbons (Fsp3) is 0.588. The molecule has 2 fully saturated rings. The third-order valence-electron chi connectivity index (χ3n) is 4.37. The molecule has 0 bridgehead atoms. The number of piperidine rings is 1. The Morgan fingerprint density at radius 3 is 2.67 bits per heavy atom. The minimum atomic E-state index is -0.491. The molecular weight excluding hydrogens is 315 g/mol. The molecule has 0 aliphatic carbocycles. The average Bonchev–Trinajstić information content (AvgIpc) is 3.04. The van der Waals surface area contributed by atoms with Gasteiger partial charge in [-0.1, -0.05) is 6.07 Å². The Morgan fingerprint density at radius 1 is 1.33 bits per heavy atom. The Bertz CT molecular complexity index is 580. The van der Waals surface area contributed by atoms with Gasteiger partial charge in [-0.05, 0) is 24.6 Å². The first kappa shape index (κ1) is 17.0. The number of nitrogens with zero attached hydrogens (tertiary/aromatic N) is 1. The smallest absolute Gasteiger partial charge is 0.317 e. The third kappa shape index (κ3) is 3.79. The molecule has 0 aromatic heterocycles. The number of halogens is 1. The van der Waals surface area contributed by atoms with Crippen LogP contribution < -0.4 is 10.1 Å². The number of nitrogens with one attached hydrogen (secondary N) is 1. The molecule has 6 nitrogen and oxygen atoms in total. The van der Waals surface area contributed by atoms with Crippen LogP contribution in [0.3, 0.4) is 0 Å². The SMILES string of the molecule is CCOc1ccc(CNC(=O)N2CCC3(CC2)OCCO3)cc1F. The fourth-order valence-electron chi connectivity index (χ4n) is 3.05. The zero-order valence-electron chi connectivity index (χ0n) is 13.8. The van der Waals surface area contributed by atoms with Crippen molar-refractivity contribution in [2.24, 2.45) is 0 Å². The molecule has 2 saturated heterocycles. The van der Waals surface area contributed by atoms with Crippen LogP contribution in [0.15, 0.2) is 18.2 Å². The van der Waals surface area contributed by atoms with E-state index in [0.29, 0.717) is 51.3 Å². The van der Waals surface area contributed by atoms with Crippen molar-refractivity contribution in [1.82, 2.24) is 10.2 Å². The van der Waals surface area contributed by atoms with E-state index in [9.17, 15) is 9.18 Å². The van der Waals surface area contributed by atoms with Gasteiger partial charge in [0.05, 0.1) is 19.8 Å². The van der Waals surface area contributed by atoms with Gasteiger partial charge in [0.25, 0.3) is 0 Å². The Balaban J connectivity index is 1.48. The fourth-order valence-corrected chi connectivity index (χ4v) is 3.05. The second kappa shape index (κ2) is 7.36. The summed E-state index contributed by atoms with van der Waals surface area (Å²) >= 11 is 0. The van der Waals surface area contributed by atoms with Crippen LogP contribution in [0.25, 0.3) is 0 Å². The molecule has 2 aliphatic rings. The number of carbonyl (C=O) groups excluding carboxylic acids is 1. The molecule has 1 aromatic carbocycles. The molecule has 0 atom stereocenters. The number of rotatable bonds is 4. The second-order valence-electron chi connectivity index (χ2n) is 5.95. The van der Waals surface area contributed by atoms with Crippen molar-refractivity contribution in [2.45, 2.75) is 32.1 Å². The van der Waals surface area contributed by atoms with Crippen molar-refractivity contribution < 1.29 is 23.4 Å². The highest BCUT2D eigenvalue weighted by atomic mass is 19.1. The first-order chi connectivity index (χ1) is 11.6. The first-order valence-corrected chi connectivity index (χ1v) is 8.34. The normalized spacial score (nSPS) is 19.5. The zero-order chi connectivity index (χ0) is 17.0. The molecule has 2 heterocycles. The molecule has 1 N–H and O–H groups in total. The van der Waals surface area contributed by atoms with Crippen molar-refractivity contribution in [1.29, 1.82) is 0 Å². The summed E-state index contributed by atoms with van der Waals surface area (Å²) in [7, 11) is 0. The van der Waals surface area contributed by atoms with Crippen LogP contribution in [-0.4, -0.2) is 49.6 Å². The highest BCUT2D eigenvalue weighted by molar-refractivity contribution is 5.74. The lowest BCUT2D eigenvalue weighted by Crippen LogP contribution is -2.50. The minimum absolute atomic E-state index is 0.155. The van der Waals surface area contributed by atoms with Gasteiger partial charge in [0.2, 0.25) is 0 Å². The standard InChI is InChI=1S/C17H23FN2O4/c1-2-22-15-4-3-13(11-14(15)18)12-19-16(21)20-7-5-17(6-8-20)23-9-10-24-17/h3-4,11H,2,5-10,12H2,1H3,(H,19,21). The van der Waals surface area contributed by atoms with E-state index in [4.69, 9.17) is 14.2 Å². The van der Waals surface area contributed by atoms with Gasteiger partial charge in [-0.3, -0.25) is 0 Å². The number of likely N-dealkylation sites (tertiary alicyclic amines) is 1. The number of benzene rings is 1. The maximum atomic E-state index is 13.8. The zero-order valence-corrected chi connectivity index (χ0v) is 13.8. The molecule has 24 heavy (non-hydrogen) atoms. The summed E-state index contributed by atoms with van der Waals surface area (Å²) in [5, 5.41) is 2.82. The van der Waals surface area contributed by atoms with Crippen LogP contribution in [0.5, 0.6) is 5.75 Å². The summed E-state index contributed by atoms with van der Waals surface area (Å²) in [6.07, 6.45) is 1.36. The van der Waals surface area contributed by atoms with Gasteiger partial charge in [-0.15, -0.1) is 0 Å². The lowest BCUT2D eigenvalue weighted by Gasteiger charge is -2.37. The van der Waals surface area contributed by atoms with Gasteiger partial charge >= 0.3 is 6.03 Å². The molecule has 2 amide bonds. The van der Waals surface area contributed by atoms with E-state index in [1.807, 2.05) is 0 Å². The van der Waals surface area contributed by atoms with E-state index in [1.165, 1.54) is 6.07 Å². The van der Waals surface area contributed by atoms with Crippen LogP contribution in [-0.2, 0) is 16.0 Å². The van der Waals surface area contributed by atoms with E-state index < -0.39 is 11.6 Å². The predicted octanol–water partition coefficient (Wildman–Crippen LogP) is 2.27. The quantitative estimate of drug-likeness (QED) is 0.915. The van der Waals surface area contributed by atoms with Gasteiger partial charge in [0, 0.05) is 32.5 Å². The second-order valence-corrected chi connectivity index (χ2v) is 5.95. The Labute approximate surface area is 140 Å². The lowest BCUT2D eigenvalue weighted by atomic mass is 10.0. The highest BCUT2D eigenvalue weighted by Crippen LogP contribution is 2.31. The highest BCUT2D eigenvalue weighted by Gasteiger charge is 2.40. The monoisotopic (exact) mass is 338 g/mol. The van der Waals surface area contributed by atoms with Crippen molar-refractivity contribution >= 4 is 6.03 Å². The van der Waals surface area contributed by atoms with Crippen molar-refractivity contribution in [3.8, 4) is 5.75 Å². The van der Waals surface area contributed by atoms with Crippen molar-refractivity contribution in [2.75, 3.05) is 32.9 Å². The van der Waals surface area contributed by atoms with E-state index in [1.54, 1.807) is 24.0 Å². The number of amides is 2. The molecule has 1 spiro atoms. The van der Waals surface area contributed by atoms with Crippen LogP contribution in [0, 0.1) is 5.82 Å². The van der Waals surface area contributed by atoms with Gasteiger partial charge in [-0.2, -0.15) is 0 Å². The number of urea groups is 1. The average molecular weight is 338 g/mol. The van der Waals surface area contributed by atoms with Crippen LogP contribution in [0.4, 0.5) is 9.18 Å². The molecule has 2 aliphatic heterocycles. The van der Waals surface area contributed by atoms with Crippen LogP contribution in [0.1, 0.15) is 25.3 Å². The summed E-state index contributed by atoms with van der Waals surface area (Å²) < 4.78 is 30.3. The van der Waals surface area contributed by atoms with Gasteiger partial charge in [0.1, 0.15) is 0 Å². The van der Waals surface area contributed by atoms with Gasteiger partial charge in [0.15, 0.2) is 17.4 Å². The number of hydrogen-bond donors (Lipinski definition) is 1. The van der Waals surface area contributed by atoms with Gasteiger partial charge in [-0.25, -0.2) is 9.18 Å². The molecule has 7 heteroatoms. The molecular formula is C17H23FN2O4. The Morgan fingerprint density at radius 2 is 2.04 bits per heavy atom.